The number of fused-ring (bicyclic) bond motifs is 2. The lowest BCUT2D eigenvalue weighted by molar-refractivity contribution is 0.0709. The van der Waals surface area contributed by atoms with Gasteiger partial charge in [-0.2, -0.15) is 0 Å². The SMILES string of the molecule is CCn1c(-c2nc3cc(C(=O)N4CCCC(N)C4)ccc3n2C)cc2c(F)cccc21. The van der Waals surface area contributed by atoms with Gasteiger partial charge in [0, 0.05) is 43.7 Å². The zero-order chi connectivity index (χ0) is 21.7. The van der Waals surface area contributed by atoms with Crippen LogP contribution >= 0.6 is 0 Å². The highest BCUT2D eigenvalue weighted by molar-refractivity contribution is 5.98. The van der Waals surface area contributed by atoms with Crippen LogP contribution in [0.1, 0.15) is 30.1 Å². The van der Waals surface area contributed by atoms with Crippen molar-refractivity contribution >= 4 is 27.8 Å². The summed E-state index contributed by atoms with van der Waals surface area (Å²) >= 11 is 0. The molecule has 7 heteroatoms. The molecule has 0 spiro atoms. The molecule has 1 amide bonds. The molecule has 31 heavy (non-hydrogen) atoms. The third-order valence-electron chi connectivity index (χ3n) is 6.31. The number of rotatable bonds is 3. The Morgan fingerprint density at radius 2 is 2.06 bits per heavy atom. The molecule has 3 heterocycles. The predicted octanol–water partition coefficient (Wildman–Crippen LogP) is 3.92. The summed E-state index contributed by atoms with van der Waals surface area (Å²) in [6, 6.07) is 12.7. The molecule has 4 aromatic rings. The number of aryl methyl sites for hydroxylation is 2. The minimum atomic E-state index is -0.239. The van der Waals surface area contributed by atoms with Crippen LogP contribution in [0.5, 0.6) is 0 Å². The highest BCUT2D eigenvalue weighted by Crippen LogP contribution is 2.31. The Kier molecular flexibility index (Phi) is 4.78. The van der Waals surface area contributed by atoms with E-state index in [1.165, 1.54) is 6.07 Å². The van der Waals surface area contributed by atoms with E-state index in [1.54, 1.807) is 6.07 Å². The van der Waals surface area contributed by atoms with Crippen molar-refractivity contribution in [1.29, 1.82) is 0 Å². The average Bonchev–Trinajstić information content (AvgIpc) is 3.31. The van der Waals surface area contributed by atoms with E-state index in [0.29, 0.717) is 24.0 Å². The van der Waals surface area contributed by atoms with Crippen LogP contribution in [0.25, 0.3) is 33.5 Å². The van der Waals surface area contributed by atoms with Gasteiger partial charge in [-0.25, -0.2) is 9.37 Å². The second kappa shape index (κ2) is 7.50. The first-order chi connectivity index (χ1) is 15.0. The van der Waals surface area contributed by atoms with Gasteiger partial charge in [-0.3, -0.25) is 4.79 Å². The van der Waals surface area contributed by atoms with E-state index < -0.39 is 0 Å². The first-order valence-corrected chi connectivity index (χ1v) is 10.8. The Labute approximate surface area is 180 Å². The van der Waals surface area contributed by atoms with Crippen LogP contribution < -0.4 is 5.73 Å². The Hall–Kier alpha value is -3.19. The molecule has 0 saturated carbocycles. The Balaban J connectivity index is 1.59. The minimum absolute atomic E-state index is 0.00556. The summed E-state index contributed by atoms with van der Waals surface area (Å²) in [6.45, 7) is 4.06. The molecule has 6 nitrogen and oxygen atoms in total. The van der Waals surface area contributed by atoms with Crippen molar-refractivity contribution in [3.63, 3.8) is 0 Å². The average molecular weight is 420 g/mol. The summed E-state index contributed by atoms with van der Waals surface area (Å²) in [7, 11) is 1.95. The first-order valence-electron chi connectivity index (χ1n) is 10.8. The quantitative estimate of drug-likeness (QED) is 0.547. The lowest BCUT2D eigenvalue weighted by Gasteiger charge is -2.30. The van der Waals surface area contributed by atoms with Gasteiger partial charge in [0.25, 0.3) is 5.91 Å². The van der Waals surface area contributed by atoms with Crippen LogP contribution in [0.4, 0.5) is 4.39 Å². The molecule has 2 aromatic carbocycles. The van der Waals surface area contributed by atoms with E-state index in [1.807, 2.05) is 53.8 Å². The number of nitrogens with two attached hydrogens (primary N) is 1. The molecule has 160 valence electrons. The third-order valence-corrected chi connectivity index (χ3v) is 6.31. The van der Waals surface area contributed by atoms with Crippen LogP contribution in [0.3, 0.4) is 0 Å². The smallest absolute Gasteiger partial charge is 0.253 e. The number of piperidine rings is 1. The number of imidazole rings is 1. The van der Waals surface area contributed by atoms with E-state index in [-0.39, 0.29) is 17.8 Å². The standard InChI is InChI=1S/C24H26FN5O/c1-3-30-20-8-4-7-18(25)17(20)13-22(30)23-27-19-12-15(9-10-21(19)28(23)2)24(31)29-11-5-6-16(26)14-29/h4,7-10,12-13,16H,3,5-6,11,14,26H2,1-2H3. The summed E-state index contributed by atoms with van der Waals surface area (Å²) < 4.78 is 18.5. The number of likely N-dealkylation sites (tertiary alicyclic amines) is 1. The van der Waals surface area contributed by atoms with E-state index in [2.05, 4.69) is 4.57 Å². The highest BCUT2D eigenvalue weighted by Gasteiger charge is 2.23. The lowest BCUT2D eigenvalue weighted by Crippen LogP contribution is -2.45. The van der Waals surface area contributed by atoms with Crippen molar-refractivity contribution in [2.24, 2.45) is 12.8 Å². The van der Waals surface area contributed by atoms with E-state index in [0.717, 1.165) is 47.5 Å². The number of hydrogen-bond donors (Lipinski definition) is 1. The lowest BCUT2D eigenvalue weighted by atomic mass is 10.1. The van der Waals surface area contributed by atoms with Gasteiger partial charge in [0.15, 0.2) is 5.82 Å². The van der Waals surface area contributed by atoms with Gasteiger partial charge in [0.2, 0.25) is 0 Å². The fraction of sp³-hybridized carbons (Fsp3) is 0.333. The summed E-state index contributed by atoms with van der Waals surface area (Å²) in [6.07, 6.45) is 1.89. The summed E-state index contributed by atoms with van der Waals surface area (Å²) in [5.74, 6) is 0.503. The largest absolute Gasteiger partial charge is 0.338 e. The maximum Gasteiger partial charge on any atom is 0.253 e. The molecule has 5 rings (SSSR count). The zero-order valence-electron chi connectivity index (χ0n) is 17.8. The van der Waals surface area contributed by atoms with Gasteiger partial charge < -0.3 is 19.8 Å². The number of benzene rings is 2. The Morgan fingerprint density at radius 1 is 1.23 bits per heavy atom. The second-order valence-electron chi connectivity index (χ2n) is 8.30. The molecule has 1 aliphatic rings. The number of hydrogen-bond acceptors (Lipinski definition) is 3. The minimum Gasteiger partial charge on any atom is -0.338 e. The predicted molar refractivity (Wildman–Crippen MR) is 120 cm³/mol. The summed E-state index contributed by atoms with van der Waals surface area (Å²) in [5.41, 5.74) is 10.1. The molecule has 1 saturated heterocycles. The van der Waals surface area contributed by atoms with E-state index in [4.69, 9.17) is 10.7 Å². The molecule has 2 aromatic heterocycles. The van der Waals surface area contributed by atoms with Crippen molar-refractivity contribution in [3.8, 4) is 11.5 Å². The molecular weight excluding hydrogens is 393 g/mol. The number of amides is 1. The van der Waals surface area contributed by atoms with Gasteiger partial charge in [-0.1, -0.05) is 6.07 Å². The van der Waals surface area contributed by atoms with Gasteiger partial charge in [-0.05, 0) is 56.2 Å². The first kappa shape index (κ1) is 19.8. The number of aromatic nitrogens is 3. The van der Waals surface area contributed by atoms with Gasteiger partial charge >= 0.3 is 0 Å². The molecule has 0 aliphatic carbocycles. The van der Waals surface area contributed by atoms with Crippen molar-refractivity contribution in [1.82, 2.24) is 19.0 Å². The number of carbonyl (C=O) groups excluding carboxylic acids is 1. The topological polar surface area (TPSA) is 69.1 Å². The van der Waals surface area contributed by atoms with Crippen LogP contribution in [0, 0.1) is 5.82 Å². The molecule has 1 fully saturated rings. The van der Waals surface area contributed by atoms with Crippen LogP contribution in [-0.2, 0) is 13.6 Å². The molecule has 2 N–H and O–H groups in total. The van der Waals surface area contributed by atoms with Gasteiger partial charge in [0.05, 0.1) is 22.2 Å². The summed E-state index contributed by atoms with van der Waals surface area (Å²) in [5, 5.41) is 0.587. The number of halogens is 1. The van der Waals surface area contributed by atoms with E-state index in [9.17, 15) is 9.18 Å². The molecule has 1 atom stereocenters. The second-order valence-corrected chi connectivity index (χ2v) is 8.30. The fourth-order valence-electron chi connectivity index (χ4n) is 4.71. The molecular formula is C24H26FN5O. The molecule has 1 unspecified atom stereocenters. The Morgan fingerprint density at radius 3 is 2.84 bits per heavy atom. The van der Waals surface area contributed by atoms with Crippen molar-refractivity contribution < 1.29 is 9.18 Å². The fourth-order valence-corrected chi connectivity index (χ4v) is 4.71. The maximum absolute atomic E-state index is 14.4. The van der Waals surface area contributed by atoms with E-state index >= 15 is 0 Å². The summed E-state index contributed by atoms with van der Waals surface area (Å²) in [4.78, 5) is 19.7. The molecule has 0 radical (unpaired) electrons. The number of carbonyl (C=O) groups is 1. The van der Waals surface area contributed by atoms with Crippen LogP contribution in [0.2, 0.25) is 0 Å². The van der Waals surface area contributed by atoms with Crippen LogP contribution in [-0.4, -0.2) is 44.1 Å². The molecule has 1 aliphatic heterocycles. The van der Waals surface area contributed by atoms with Gasteiger partial charge in [0.1, 0.15) is 5.82 Å². The molecule has 0 bridgehead atoms. The monoisotopic (exact) mass is 419 g/mol. The third kappa shape index (κ3) is 3.20. The van der Waals surface area contributed by atoms with Gasteiger partial charge in [-0.15, -0.1) is 0 Å². The normalized spacial score (nSPS) is 17.0. The highest BCUT2D eigenvalue weighted by atomic mass is 19.1. The van der Waals surface area contributed by atoms with Crippen molar-refractivity contribution in [2.45, 2.75) is 32.4 Å². The Bertz CT molecular complexity index is 1300. The van der Waals surface area contributed by atoms with Crippen LogP contribution in [0.15, 0.2) is 42.5 Å². The van der Waals surface area contributed by atoms with Crippen molar-refractivity contribution in [3.05, 3.63) is 53.8 Å². The maximum atomic E-state index is 14.4. The zero-order valence-corrected chi connectivity index (χ0v) is 17.8. The van der Waals surface area contributed by atoms with Crippen molar-refractivity contribution in [2.75, 3.05) is 13.1 Å². The number of nitrogens with zero attached hydrogens (tertiary/aromatic N) is 4.